The summed E-state index contributed by atoms with van der Waals surface area (Å²) < 4.78 is 4.41. The molecule has 1 aliphatic rings. The normalized spacial score (nSPS) is 18.0. The van der Waals surface area contributed by atoms with E-state index in [9.17, 15) is 0 Å². The summed E-state index contributed by atoms with van der Waals surface area (Å²) in [6, 6.07) is 0. The highest BCUT2D eigenvalue weighted by molar-refractivity contribution is 9.09. The molecular formula is C11H19BrN4S. The molecule has 0 saturated carbocycles. The summed E-state index contributed by atoms with van der Waals surface area (Å²) in [4.78, 5) is 9.45. The molecule has 0 N–H and O–H groups in total. The number of hydrogen-bond donors (Lipinski definition) is 0. The van der Waals surface area contributed by atoms with Crippen molar-refractivity contribution in [3.63, 3.8) is 0 Å². The Morgan fingerprint density at radius 3 is 2.53 bits per heavy atom. The summed E-state index contributed by atoms with van der Waals surface area (Å²) in [5.74, 6) is 1.41. The molecule has 4 nitrogen and oxygen atoms in total. The first kappa shape index (κ1) is 13.2. The molecule has 0 aromatic carbocycles. The Morgan fingerprint density at radius 1 is 1.29 bits per heavy atom. The van der Waals surface area contributed by atoms with Crippen molar-refractivity contribution in [1.29, 1.82) is 0 Å². The van der Waals surface area contributed by atoms with E-state index in [0.29, 0.717) is 5.92 Å². The van der Waals surface area contributed by atoms with E-state index in [1.165, 1.54) is 11.5 Å². The summed E-state index contributed by atoms with van der Waals surface area (Å²) in [7, 11) is 0. The SMILES string of the molecule is CC(C)c1nsc(N2CCN(CCBr)CC2)n1. The van der Waals surface area contributed by atoms with Crippen molar-refractivity contribution in [3.8, 4) is 0 Å². The smallest absolute Gasteiger partial charge is 0.205 e. The third-order valence-electron chi connectivity index (χ3n) is 2.99. The summed E-state index contributed by atoms with van der Waals surface area (Å²) in [5.41, 5.74) is 0. The molecule has 0 unspecified atom stereocenters. The average molecular weight is 319 g/mol. The van der Waals surface area contributed by atoms with Crippen molar-refractivity contribution in [3.05, 3.63) is 5.82 Å². The molecule has 6 heteroatoms. The maximum atomic E-state index is 4.61. The van der Waals surface area contributed by atoms with E-state index in [-0.39, 0.29) is 0 Å². The lowest BCUT2D eigenvalue weighted by Crippen LogP contribution is -2.46. The molecule has 0 spiro atoms. The number of anilines is 1. The fourth-order valence-electron chi connectivity index (χ4n) is 1.87. The fraction of sp³-hybridized carbons (Fsp3) is 0.818. The molecule has 0 radical (unpaired) electrons. The van der Waals surface area contributed by atoms with Gasteiger partial charge in [0, 0.05) is 55.5 Å². The quantitative estimate of drug-likeness (QED) is 0.796. The Balaban J connectivity index is 1.91. The number of halogens is 1. The van der Waals surface area contributed by atoms with Gasteiger partial charge >= 0.3 is 0 Å². The van der Waals surface area contributed by atoms with E-state index in [2.05, 4.69) is 48.9 Å². The van der Waals surface area contributed by atoms with Crippen LogP contribution in [0, 0.1) is 0 Å². The highest BCUT2D eigenvalue weighted by atomic mass is 79.9. The van der Waals surface area contributed by atoms with E-state index in [1.54, 1.807) is 0 Å². The maximum Gasteiger partial charge on any atom is 0.205 e. The zero-order chi connectivity index (χ0) is 12.3. The number of piperazine rings is 1. The van der Waals surface area contributed by atoms with Crippen LogP contribution in [0.2, 0.25) is 0 Å². The van der Waals surface area contributed by atoms with Gasteiger partial charge in [0.1, 0.15) is 5.82 Å². The maximum absolute atomic E-state index is 4.61. The zero-order valence-electron chi connectivity index (χ0n) is 10.4. The van der Waals surface area contributed by atoms with Crippen LogP contribution >= 0.6 is 27.5 Å². The Hall–Kier alpha value is -0.200. The first-order valence-electron chi connectivity index (χ1n) is 6.07. The molecule has 0 atom stereocenters. The zero-order valence-corrected chi connectivity index (χ0v) is 12.8. The monoisotopic (exact) mass is 318 g/mol. The molecule has 1 aliphatic heterocycles. The third-order valence-corrected chi connectivity index (χ3v) is 4.14. The van der Waals surface area contributed by atoms with Crippen LogP contribution in [0.3, 0.4) is 0 Å². The highest BCUT2D eigenvalue weighted by Gasteiger charge is 2.19. The molecule has 0 aliphatic carbocycles. The predicted octanol–water partition coefficient (Wildman–Crippen LogP) is 2.18. The largest absolute Gasteiger partial charge is 0.344 e. The number of aromatic nitrogens is 2. The lowest BCUT2D eigenvalue weighted by molar-refractivity contribution is 0.274. The van der Waals surface area contributed by atoms with Gasteiger partial charge in [-0.15, -0.1) is 0 Å². The van der Waals surface area contributed by atoms with E-state index in [0.717, 1.165) is 49.0 Å². The standard InChI is InChI=1S/C11H19BrN4S/c1-9(2)10-13-11(17-14-10)16-7-5-15(4-3-12)6-8-16/h9H,3-8H2,1-2H3. The summed E-state index contributed by atoms with van der Waals surface area (Å²) >= 11 is 5.02. The summed E-state index contributed by atoms with van der Waals surface area (Å²) in [5, 5.41) is 2.15. The van der Waals surface area contributed by atoms with E-state index in [4.69, 9.17) is 0 Å². The van der Waals surface area contributed by atoms with Gasteiger partial charge in [-0.05, 0) is 0 Å². The minimum atomic E-state index is 0.426. The minimum Gasteiger partial charge on any atom is -0.344 e. The molecule has 1 aromatic rings. The summed E-state index contributed by atoms with van der Waals surface area (Å²) in [6.07, 6.45) is 0. The molecule has 1 saturated heterocycles. The number of rotatable bonds is 4. The minimum absolute atomic E-state index is 0.426. The lowest BCUT2D eigenvalue weighted by Gasteiger charge is -2.33. The Morgan fingerprint density at radius 2 is 2.00 bits per heavy atom. The topological polar surface area (TPSA) is 32.3 Å². The number of hydrogen-bond acceptors (Lipinski definition) is 5. The van der Waals surface area contributed by atoms with Crippen LogP contribution < -0.4 is 4.90 Å². The van der Waals surface area contributed by atoms with E-state index in [1.807, 2.05) is 0 Å². The predicted molar refractivity (Wildman–Crippen MR) is 76.4 cm³/mol. The van der Waals surface area contributed by atoms with Gasteiger partial charge in [0.15, 0.2) is 0 Å². The van der Waals surface area contributed by atoms with Crippen LogP contribution in [0.5, 0.6) is 0 Å². The van der Waals surface area contributed by atoms with Gasteiger partial charge in [-0.25, -0.2) is 4.98 Å². The van der Waals surface area contributed by atoms with Crippen LogP contribution in [0.4, 0.5) is 5.13 Å². The second-order valence-electron chi connectivity index (χ2n) is 4.61. The molecule has 96 valence electrons. The Bertz CT molecular complexity index is 347. The molecule has 1 aromatic heterocycles. The van der Waals surface area contributed by atoms with Gasteiger partial charge in [0.2, 0.25) is 5.13 Å². The van der Waals surface area contributed by atoms with Gasteiger partial charge in [-0.3, -0.25) is 4.90 Å². The van der Waals surface area contributed by atoms with Gasteiger partial charge < -0.3 is 4.90 Å². The van der Waals surface area contributed by atoms with Crippen molar-refractivity contribution in [2.24, 2.45) is 0 Å². The van der Waals surface area contributed by atoms with Crippen molar-refractivity contribution >= 4 is 32.6 Å². The fourth-order valence-corrected chi connectivity index (χ4v) is 3.23. The van der Waals surface area contributed by atoms with Crippen LogP contribution in [0.25, 0.3) is 0 Å². The Labute approximate surface area is 115 Å². The summed E-state index contributed by atoms with van der Waals surface area (Å²) in [6.45, 7) is 9.81. The van der Waals surface area contributed by atoms with Crippen molar-refractivity contribution in [2.75, 3.05) is 43.0 Å². The van der Waals surface area contributed by atoms with E-state index >= 15 is 0 Å². The first-order chi connectivity index (χ1) is 8.20. The van der Waals surface area contributed by atoms with Crippen LogP contribution in [0.1, 0.15) is 25.6 Å². The van der Waals surface area contributed by atoms with Crippen LogP contribution in [-0.2, 0) is 0 Å². The van der Waals surface area contributed by atoms with Gasteiger partial charge in [-0.2, -0.15) is 4.37 Å². The highest BCUT2D eigenvalue weighted by Crippen LogP contribution is 2.22. The van der Waals surface area contributed by atoms with Crippen molar-refractivity contribution < 1.29 is 0 Å². The molecular weight excluding hydrogens is 300 g/mol. The van der Waals surface area contributed by atoms with Crippen molar-refractivity contribution in [2.45, 2.75) is 19.8 Å². The van der Waals surface area contributed by atoms with Gasteiger partial charge in [0.25, 0.3) is 0 Å². The van der Waals surface area contributed by atoms with Crippen LogP contribution in [0.15, 0.2) is 0 Å². The molecule has 1 fully saturated rings. The van der Waals surface area contributed by atoms with Crippen molar-refractivity contribution in [1.82, 2.24) is 14.3 Å². The molecule has 0 bridgehead atoms. The first-order valence-corrected chi connectivity index (χ1v) is 7.97. The van der Waals surface area contributed by atoms with Gasteiger partial charge in [0.05, 0.1) is 0 Å². The third kappa shape index (κ3) is 3.39. The number of alkyl halides is 1. The average Bonchev–Trinajstić information content (AvgIpc) is 2.80. The second-order valence-corrected chi connectivity index (χ2v) is 6.13. The number of nitrogens with zero attached hydrogens (tertiary/aromatic N) is 4. The molecule has 2 rings (SSSR count). The van der Waals surface area contributed by atoms with E-state index < -0.39 is 0 Å². The molecule has 2 heterocycles. The lowest BCUT2D eigenvalue weighted by atomic mass is 10.2. The Kier molecular flexibility index (Phi) is 4.76. The molecule has 0 amide bonds. The van der Waals surface area contributed by atoms with Gasteiger partial charge in [-0.1, -0.05) is 29.8 Å². The molecule has 17 heavy (non-hydrogen) atoms. The van der Waals surface area contributed by atoms with Crippen LogP contribution in [-0.4, -0.2) is 52.3 Å². The second kappa shape index (κ2) is 6.11.